The maximum absolute atomic E-state index is 12.8. The largest absolute Gasteiger partial charge is 0.349 e. The molecule has 1 N–H and O–H groups in total. The van der Waals surface area contributed by atoms with Crippen LogP contribution in [-0.2, 0) is 10.0 Å². The maximum atomic E-state index is 12.8. The molecule has 134 valence electrons. The van der Waals surface area contributed by atoms with E-state index in [4.69, 9.17) is 5.26 Å². The van der Waals surface area contributed by atoms with Crippen LogP contribution in [0.15, 0.2) is 59.5 Å². The highest BCUT2D eigenvalue weighted by molar-refractivity contribution is 7.89. The Kier molecular flexibility index (Phi) is 5.35. The van der Waals surface area contributed by atoms with Crippen LogP contribution in [0.2, 0.25) is 0 Å². The van der Waals surface area contributed by atoms with Gasteiger partial charge in [0, 0.05) is 24.7 Å². The molecular formula is C19H19N3O3S. The van der Waals surface area contributed by atoms with Crippen molar-refractivity contribution in [1.82, 2.24) is 9.62 Å². The van der Waals surface area contributed by atoms with Crippen molar-refractivity contribution >= 4 is 15.9 Å². The molecule has 0 bridgehead atoms. The van der Waals surface area contributed by atoms with Gasteiger partial charge in [0.2, 0.25) is 10.0 Å². The average molecular weight is 369 g/mol. The van der Waals surface area contributed by atoms with Gasteiger partial charge in [0.15, 0.2) is 0 Å². The fourth-order valence-electron chi connectivity index (χ4n) is 3.02. The SMILES string of the molecule is N#Cc1ccccc1S(=O)(=O)N1CCC(NC(=O)c2ccccc2)CC1. The van der Waals surface area contributed by atoms with Crippen LogP contribution in [0.4, 0.5) is 0 Å². The number of nitrogens with zero attached hydrogens (tertiary/aromatic N) is 2. The standard InChI is InChI=1S/C19H19N3O3S/c20-14-16-8-4-5-9-18(16)26(24,25)22-12-10-17(11-13-22)21-19(23)15-6-2-1-3-7-15/h1-9,17H,10-13H2,(H,21,23). The Balaban J connectivity index is 1.65. The minimum atomic E-state index is -3.71. The van der Waals surface area contributed by atoms with Gasteiger partial charge < -0.3 is 5.32 Å². The van der Waals surface area contributed by atoms with Crippen molar-refractivity contribution in [1.29, 1.82) is 5.26 Å². The Labute approximate surface area is 153 Å². The van der Waals surface area contributed by atoms with Gasteiger partial charge in [0.05, 0.1) is 10.5 Å². The van der Waals surface area contributed by atoms with Crippen LogP contribution in [0.5, 0.6) is 0 Å². The van der Waals surface area contributed by atoms with E-state index in [9.17, 15) is 13.2 Å². The number of nitrogens with one attached hydrogen (secondary N) is 1. The summed E-state index contributed by atoms with van der Waals surface area (Å²) in [6.45, 7) is 0.615. The molecule has 0 saturated carbocycles. The quantitative estimate of drug-likeness (QED) is 0.894. The van der Waals surface area contributed by atoms with E-state index in [1.165, 1.54) is 16.4 Å². The Bertz CT molecular complexity index is 928. The lowest BCUT2D eigenvalue weighted by Gasteiger charge is -2.31. The highest BCUT2D eigenvalue weighted by Gasteiger charge is 2.31. The molecule has 1 amide bonds. The predicted molar refractivity (Wildman–Crippen MR) is 96.8 cm³/mol. The number of carbonyl (C=O) groups excluding carboxylic acids is 1. The van der Waals surface area contributed by atoms with Crippen LogP contribution in [0.3, 0.4) is 0 Å². The van der Waals surface area contributed by atoms with Gasteiger partial charge in [-0.05, 0) is 37.1 Å². The zero-order valence-electron chi connectivity index (χ0n) is 14.1. The van der Waals surface area contributed by atoms with Gasteiger partial charge in [0.25, 0.3) is 5.91 Å². The molecule has 3 rings (SSSR count). The summed E-state index contributed by atoms with van der Waals surface area (Å²) in [6.07, 6.45) is 1.07. The minimum absolute atomic E-state index is 0.0364. The number of benzene rings is 2. The third-order valence-electron chi connectivity index (χ3n) is 4.45. The fourth-order valence-corrected chi connectivity index (χ4v) is 4.63. The molecule has 0 radical (unpaired) electrons. The first-order valence-electron chi connectivity index (χ1n) is 8.37. The zero-order chi connectivity index (χ0) is 18.6. The summed E-state index contributed by atoms with van der Waals surface area (Å²) < 4.78 is 27.0. The van der Waals surface area contributed by atoms with Crippen molar-refractivity contribution in [2.24, 2.45) is 0 Å². The molecule has 1 saturated heterocycles. The zero-order valence-corrected chi connectivity index (χ0v) is 14.9. The Morgan fingerprint density at radius 3 is 2.31 bits per heavy atom. The number of hydrogen-bond donors (Lipinski definition) is 1. The minimum Gasteiger partial charge on any atom is -0.349 e. The van der Waals surface area contributed by atoms with Gasteiger partial charge in [-0.2, -0.15) is 9.57 Å². The summed E-state index contributed by atoms with van der Waals surface area (Å²) >= 11 is 0. The number of hydrogen-bond acceptors (Lipinski definition) is 4. The van der Waals surface area contributed by atoms with Gasteiger partial charge in [-0.1, -0.05) is 30.3 Å². The molecule has 0 aromatic heterocycles. The van der Waals surface area contributed by atoms with Gasteiger partial charge >= 0.3 is 0 Å². The van der Waals surface area contributed by atoms with Gasteiger partial charge in [0.1, 0.15) is 6.07 Å². The van der Waals surface area contributed by atoms with Crippen molar-refractivity contribution in [3.63, 3.8) is 0 Å². The van der Waals surface area contributed by atoms with E-state index < -0.39 is 10.0 Å². The number of sulfonamides is 1. The number of carbonyl (C=O) groups is 1. The molecule has 0 atom stereocenters. The predicted octanol–water partition coefficient (Wildman–Crippen LogP) is 2.14. The van der Waals surface area contributed by atoms with Gasteiger partial charge in [-0.3, -0.25) is 4.79 Å². The molecule has 0 aliphatic carbocycles. The first kappa shape index (κ1) is 18.1. The Hall–Kier alpha value is -2.69. The van der Waals surface area contributed by atoms with Gasteiger partial charge in [-0.25, -0.2) is 8.42 Å². The summed E-state index contributed by atoms with van der Waals surface area (Å²) in [5.74, 6) is -0.151. The fraction of sp³-hybridized carbons (Fsp3) is 0.263. The Morgan fingerprint density at radius 1 is 1.04 bits per heavy atom. The molecule has 7 heteroatoms. The summed E-state index contributed by atoms with van der Waals surface area (Å²) in [6, 6.07) is 17.0. The average Bonchev–Trinajstić information content (AvgIpc) is 2.69. The number of piperidine rings is 1. The van der Waals surface area contributed by atoms with E-state index >= 15 is 0 Å². The molecule has 1 aliphatic rings. The lowest BCUT2D eigenvalue weighted by Crippen LogP contribution is -2.46. The van der Waals surface area contributed by atoms with Gasteiger partial charge in [-0.15, -0.1) is 0 Å². The molecular weight excluding hydrogens is 350 g/mol. The van der Waals surface area contributed by atoms with Crippen LogP contribution < -0.4 is 5.32 Å². The van der Waals surface area contributed by atoms with E-state index in [1.807, 2.05) is 12.1 Å². The second kappa shape index (κ2) is 7.68. The van der Waals surface area contributed by atoms with Crippen molar-refractivity contribution in [2.75, 3.05) is 13.1 Å². The van der Waals surface area contributed by atoms with E-state index in [0.29, 0.717) is 31.5 Å². The van der Waals surface area contributed by atoms with Crippen LogP contribution in [0.25, 0.3) is 0 Å². The highest BCUT2D eigenvalue weighted by Crippen LogP contribution is 2.23. The Morgan fingerprint density at radius 2 is 1.65 bits per heavy atom. The lowest BCUT2D eigenvalue weighted by atomic mass is 10.1. The number of rotatable bonds is 4. The van der Waals surface area contributed by atoms with Crippen molar-refractivity contribution in [3.8, 4) is 6.07 Å². The first-order valence-corrected chi connectivity index (χ1v) is 9.81. The lowest BCUT2D eigenvalue weighted by molar-refractivity contribution is 0.0924. The van der Waals surface area contributed by atoms with Crippen molar-refractivity contribution < 1.29 is 13.2 Å². The van der Waals surface area contributed by atoms with E-state index in [0.717, 1.165) is 0 Å². The molecule has 6 nitrogen and oxygen atoms in total. The summed E-state index contributed by atoms with van der Waals surface area (Å²) in [5.41, 5.74) is 0.734. The van der Waals surface area contributed by atoms with E-state index in [1.54, 1.807) is 36.4 Å². The molecule has 0 spiro atoms. The van der Waals surface area contributed by atoms with Crippen LogP contribution in [0.1, 0.15) is 28.8 Å². The monoisotopic (exact) mass is 369 g/mol. The molecule has 26 heavy (non-hydrogen) atoms. The van der Waals surface area contributed by atoms with Crippen LogP contribution in [0, 0.1) is 11.3 Å². The second-order valence-corrected chi connectivity index (χ2v) is 8.03. The third-order valence-corrected chi connectivity index (χ3v) is 6.41. The molecule has 1 heterocycles. The van der Waals surface area contributed by atoms with Crippen LogP contribution in [-0.4, -0.2) is 37.8 Å². The number of amides is 1. The molecule has 1 fully saturated rings. The normalized spacial score (nSPS) is 16.0. The highest BCUT2D eigenvalue weighted by atomic mass is 32.2. The molecule has 0 unspecified atom stereocenters. The van der Waals surface area contributed by atoms with E-state index in [-0.39, 0.29) is 22.4 Å². The second-order valence-electron chi connectivity index (χ2n) is 6.13. The molecule has 1 aliphatic heterocycles. The summed E-state index contributed by atoms with van der Waals surface area (Å²) in [4.78, 5) is 12.3. The topological polar surface area (TPSA) is 90.3 Å². The van der Waals surface area contributed by atoms with Crippen molar-refractivity contribution in [2.45, 2.75) is 23.8 Å². The van der Waals surface area contributed by atoms with Crippen molar-refractivity contribution in [3.05, 3.63) is 65.7 Å². The molecule has 2 aromatic carbocycles. The first-order chi connectivity index (χ1) is 12.5. The molecule has 2 aromatic rings. The van der Waals surface area contributed by atoms with E-state index in [2.05, 4.69) is 5.32 Å². The summed E-state index contributed by atoms with van der Waals surface area (Å²) in [7, 11) is -3.71. The third kappa shape index (κ3) is 3.77. The smallest absolute Gasteiger partial charge is 0.251 e. The van der Waals surface area contributed by atoms with Crippen LogP contribution >= 0.6 is 0 Å². The summed E-state index contributed by atoms with van der Waals surface area (Å²) in [5, 5.41) is 12.1. The maximum Gasteiger partial charge on any atom is 0.251 e. The number of nitriles is 1.